The number of nitrogens with one attached hydrogen (secondary N) is 1. The summed E-state index contributed by atoms with van der Waals surface area (Å²) in [5.41, 5.74) is 6.86. The van der Waals surface area contributed by atoms with Crippen molar-refractivity contribution < 1.29 is 14.1 Å². The number of nitrogens with zero attached hydrogens (tertiary/aromatic N) is 3. The van der Waals surface area contributed by atoms with E-state index in [0.717, 1.165) is 10.0 Å². The standard InChI is InChI=1S/C15H16BrN5O3S/c1-2-12-19-13(24-20-12)10-4-3-8(5-11(10)16)21-7-9(23-15(21)22)6-18-14(17)25/h3-5,9H,2,6-7H2,1H3,(H3,17,18,25). The second-order valence-electron chi connectivity index (χ2n) is 5.39. The van der Waals surface area contributed by atoms with Crippen LogP contribution in [0.4, 0.5) is 10.5 Å². The molecular formula is C15H16BrN5O3S. The topological polar surface area (TPSA) is 107 Å². The Labute approximate surface area is 157 Å². The number of carbonyl (C=O) groups is 1. The van der Waals surface area contributed by atoms with Crippen molar-refractivity contribution in [3.8, 4) is 11.5 Å². The lowest BCUT2D eigenvalue weighted by atomic mass is 10.2. The first-order valence-electron chi connectivity index (χ1n) is 7.62. The number of halogens is 1. The third-order valence-electron chi connectivity index (χ3n) is 3.66. The summed E-state index contributed by atoms with van der Waals surface area (Å²) >= 11 is 8.25. The Morgan fingerprint density at radius 1 is 1.56 bits per heavy atom. The maximum absolute atomic E-state index is 12.1. The molecule has 2 aromatic rings. The van der Waals surface area contributed by atoms with Crippen molar-refractivity contribution >= 4 is 45.0 Å². The lowest BCUT2D eigenvalue weighted by molar-refractivity contribution is 0.143. The molecule has 0 spiro atoms. The Morgan fingerprint density at radius 3 is 3.00 bits per heavy atom. The minimum Gasteiger partial charge on any atom is -0.442 e. The highest BCUT2D eigenvalue weighted by Crippen LogP contribution is 2.32. The fourth-order valence-electron chi connectivity index (χ4n) is 2.41. The van der Waals surface area contributed by atoms with Crippen molar-refractivity contribution in [1.82, 2.24) is 15.5 Å². The lowest BCUT2D eigenvalue weighted by Crippen LogP contribution is -2.37. The molecule has 1 aliphatic heterocycles. The molecule has 1 aliphatic rings. The highest BCUT2D eigenvalue weighted by molar-refractivity contribution is 9.10. The second kappa shape index (κ2) is 7.36. The molecule has 3 N–H and O–H groups in total. The van der Waals surface area contributed by atoms with Crippen molar-refractivity contribution in [3.05, 3.63) is 28.5 Å². The fraction of sp³-hybridized carbons (Fsp3) is 0.333. The Kier molecular flexibility index (Phi) is 5.19. The third kappa shape index (κ3) is 3.90. The van der Waals surface area contributed by atoms with Gasteiger partial charge in [-0.15, -0.1) is 0 Å². The molecule has 1 aromatic carbocycles. The molecule has 1 amide bonds. The molecule has 2 heterocycles. The smallest absolute Gasteiger partial charge is 0.414 e. The maximum atomic E-state index is 12.1. The molecule has 0 saturated carbocycles. The summed E-state index contributed by atoms with van der Waals surface area (Å²) in [5, 5.41) is 6.86. The van der Waals surface area contributed by atoms with Crippen molar-refractivity contribution in [2.75, 3.05) is 18.0 Å². The van der Waals surface area contributed by atoms with Crippen LogP contribution in [-0.4, -0.2) is 40.5 Å². The largest absolute Gasteiger partial charge is 0.442 e. The van der Waals surface area contributed by atoms with Gasteiger partial charge >= 0.3 is 6.09 Å². The number of aryl methyl sites for hydroxylation is 1. The van der Waals surface area contributed by atoms with E-state index >= 15 is 0 Å². The van der Waals surface area contributed by atoms with Gasteiger partial charge in [-0.05, 0) is 46.3 Å². The summed E-state index contributed by atoms with van der Waals surface area (Å²) in [6, 6.07) is 5.44. The van der Waals surface area contributed by atoms with Crippen LogP contribution in [0.2, 0.25) is 0 Å². The molecular weight excluding hydrogens is 410 g/mol. The highest BCUT2D eigenvalue weighted by Gasteiger charge is 2.32. The quantitative estimate of drug-likeness (QED) is 0.702. The van der Waals surface area contributed by atoms with Gasteiger partial charge in [-0.25, -0.2) is 4.79 Å². The van der Waals surface area contributed by atoms with Gasteiger partial charge in [0, 0.05) is 16.6 Å². The number of anilines is 1. The summed E-state index contributed by atoms with van der Waals surface area (Å²) in [6.07, 6.45) is -0.0449. The average Bonchev–Trinajstić information content (AvgIpc) is 3.19. The first kappa shape index (κ1) is 17.6. The summed E-state index contributed by atoms with van der Waals surface area (Å²) < 4.78 is 11.3. The number of aromatic nitrogens is 2. The Hall–Kier alpha value is -2.20. The van der Waals surface area contributed by atoms with E-state index in [9.17, 15) is 4.79 Å². The Balaban J connectivity index is 1.76. The number of cyclic esters (lactones) is 1. The van der Waals surface area contributed by atoms with E-state index in [1.54, 1.807) is 11.0 Å². The van der Waals surface area contributed by atoms with Crippen LogP contribution in [0, 0.1) is 0 Å². The molecule has 1 unspecified atom stereocenters. The first-order valence-corrected chi connectivity index (χ1v) is 8.82. The minimum atomic E-state index is -0.416. The molecule has 1 saturated heterocycles. The third-order valence-corrected chi connectivity index (χ3v) is 4.46. The average molecular weight is 426 g/mol. The van der Waals surface area contributed by atoms with E-state index in [-0.39, 0.29) is 11.2 Å². The van der Waals surface area contributed by atoms with Crippen LogP contribution in [0.15, 0.2) is 27.2 Å². The number of rotatable bonds is 5. The van der Waals surface area contributed by atoms with Gasteiger partial charge in [0.25, 0.3) is 5.89 Å². The molecule has 10 heteroatoms. The summed E-state index contributed by atoms with van der Waals surface area (Å²) in [7, 11) is 0. The molecule has 3 rings (SSSR count). The normalized spacial score (nSPS) is 16.8. The van der Waals surface area contributed by atoms with E-state index in [1.807, 2.05) is 19.1 Å². The van der Waals surface area contributed by atoms with Gasteiger partial charge in [0.1, 0.15) is 6.10 Å². The number of nitrogens with two attached hydrogens (primary N) is 1. The number of hydrogen-bond acceptors (Lipinski definition) is 6. The van der Waals surface area contributed by atoms with Gasteiger partial charge in [-0.3, -0.25) is 4.90 Å². The monoisotopic (exact) mass is 425 g/mol. The maximum Gasteiger partial charge on any atom is 0.414 e. The molecule has 1 aromatic heterocycles. The molecule has 8 nitrogen and oxygen atoms in total. The van der Waals surface area contributed by atoms with E-state index < -0.39 is 6.09 Å². The van der Waals surface area contributed by atoms with Crippen LogP contribution in [0.1, 0.15) is 12.7 Å². The SMILES string of the molecule is CCc1noc(-c2ccc(N3CC(CNC(N)=S)OC3=O)cc2Br)n1. The zero-order valence-corrected chi connectivity index (χ0v) is 15.8. The van der Waals surface area contributed by atoms with Gasteiger partial charge < -0.3 is 20.3 Å². The minimum absolute atomic E-state index is 0.174. The summed E-state index contributed by atoms with van der Waals surface area (Å²) in [6.45, 7) is 2.73. The highest BCUT2D eigenvalue weighted by atomic mass is 79.9. The molecule has 132 valence electrons. The van der Waals surface area contributed by atoms with Gasteiger partial charge in [-0.2, -0.15) is 4.98 Å². The van der Waals surface area contributed by atoms with E-state index in [0.29, 0.717) is 36.9 Å². The molecule has 0 aliphatic carbocycles. The van der Waals surface area contributed by atoms with E-state index in [2.05, 4.69) is 31.4 Å². The number of thiocarbonyl (C=S) groups is 1. The Bertz CT molecular complexity index is 812. The zero-order valence-electron chi connectivity index (χ0n) is 13.4. The number of benzene rings is 1. The molecule has 0 bridgehead atoms. The van der Waals surface area contributed by atoms with Crippen LogP contribution >= 0.6 is 28.1 Å². The van der Waals surface area contributed by atoms with Gasteiger partial charge in [0.2, 0.25) is 0 Å². The number of carbonyl (C=O) groups excluding carboxylic acids is 1. The lowest BCUT2D eigenvalue weighted by Gasteiger charge is -2.14. The predicted molar refractivity (Wildman–Crippen MR) is 99.2 cm³/mol. The summed E-state index contributed by atoms with van der Waals surface area (Å²) in [4.78, 5) is 18.0. The zero-order chi connectivity index (χ0) is 18.0. The molecule has 1 fully saturated rings. The van der Waals surface area contributed by atoms with Crippen LogP contribution < -0.4 is 16.0 Å². The van der Waals surface area contributed by atoms with Crippen molar-refractivity contribution in [2.45, 2.75) is 19.4 Å². The molecule has 1 atom stereocenters. The number of ether oxygens (including phenoxy) is 1. The molecule has 25 heavy (non-hydrogen) atoms. The number of amides is 1. The fourth-order valence-corrected chi connectivity index (χ4v) is 3.03. The van der Waals surface area contributed by atoms with Crippen molar-refractivity contribution in [3.63, 3.8) is 0 Å². The first-order chi connectivity index (χ1) is 12.0. The van der Waals surface area contributed by atoms with Crippen molar-refractivity contribution in [2.24, 2.45) is 5.73 Å². The van der Waals surface area contributed by atoms with Crippen molar-refractivity contribution in [1.29, 1.82) is 0 Å². The number of hydrogen-bond donors (Lipinski definition) is 2. The second-order valence-corrected chi connectivity index (χ2v) is 6.69. The molecule has 0 radical (unpaired) electrons. The van der Waals surface area contributed by atoms with Crippen LogP contribution in [0.5, 0.6) is 0 Å². The van der Waals surface area contributed by atoms with Gasteiger partial charge in [-0.1, -0.05) is 12.1 Å². The van der Waals surface area contributed by atoms with E-state index in [1.165, 1.54) is 0 Å². The van der Waals surface area contributed by atoms with Crippen LogP contribution in [0.25, 0.3) is 11.5 Å². The predicted octanol–water partition coefficient (Wildman–Crippen LogP) is 2.22. The van der Waals surface area contributed by atoms with Crippen LogP contribution in [0.3, 0.4) is 0 Å². The Morgan fingerprint density at radius 2 is 2.36 bits per heavy atom. The van der Waals surface area contributed by atoms with Crippen LogP contribution in [-0.2, 0) is 11.2 Å². The van der Waals surface area contributed by atoms with Gasteiger partial charge in [0.05, 0.1) is 18.7 Å². The van der Waals surface area contributed by atoms with Gasteiger partial charge in [0.15, 0.2) is 10.9 Å². The summed E-state index contributed by atoms with van der Waals surface area (Å²) in [5.74, 6) is 1.07. The van der Waals surface area contributed by atoms with E-state index in [4.69, 9.17) is 27.2 Å².